The molecule has 0 saturated heterocycles. The standard InChI is InChI=1S/C20H25NO/c1-15(17-7-5-4-6-8-17)21-14-16-9-10-19-18(13-16)11-12-20(2,3)22-19/h4-10,13,15,21H,11-12,14H2,1-3H3. The minimum atomic E-state index is -0.0331. The smallest absolute Gasteiger partial charge is 0.123 e. The molecule has 0 bridgehead atoms. The third-order valence-corrected chi connectivity index (χ3v) is 4.42. The summed E-state index contributed by atoms with van der Waals surface area (Å²) in [6, 6.07) is 17.5. The molecule has 2 nitrogen and oxygen atoms in total. The van der Waals surface area contributed by atoms with Gasteiger partial charge in [0.15, 0.2) is 0 Å². The lowest BCUT2D eigenvalue weighted by molar-refractivity contribution is 0.0846. The van der Waals surface area contributed by atoms with E-state index < -0.39 is 0 Å². The third-order valence-electron chi connectivity index (χ3n) is 4.42. The van der Waals surface area contributed by atoms with E-state index in [0.717, 1.165) is 25.1 Å². The molecule has 3 rings (SSSR count). The van der Waals surface area contributed by atoms with Crippen molar-refractivity contribution >= 4 is 0 Å². The Kier molecular flexibility index (Phi) is 4.21. The van der Waals surface area contributed by atoms with Crippen molar-refractivity contribution in [1.82, 2.24) is 5.32 Å². The Balaban J connectivity index is 1.65. The summed E-state index contributed by atoms with van der Waals surface area (Å²) in [6.45, 7) is 7.41. The fourth-order valence-corrected chi connectivity index (χ4v) is 2.95. The molecule has 1 N–H and O–H groups in total. The van der Waals surface area contributed by atoms with Gasteiger partial charge in [-0.05, 0) is 56.4 Å². The molecule has 2 heteroatoms. The summed E-state index contributed by atoms with van der Waals surface area (Å²) in [5.41, 5.74) is 3.95. The molecule has 1 aliphatic rings. The quantitative estimate of drug-likeness (QED) is 0.887. The van der Waals surface area contributed by atoms with Gasteiger partial charge >= 0.3 is 0 Å². The molecule has 0 aliphatic carbocycles. The lowest BCUT2D eigenvalue weighted by Crippen LogP contribution is -2.32. The van der Waals surface area contributed by atoms with Crippen LogP contribution in [-0.2, 0) is 13.0 Å². The molecule has 0 fully saturated rings. The van der Waals surface area contributed by atoms with Crippen molar-refractivity contribution in [3.8, 4) is 5.75 Å². The molecular formula is C20H25NO. The Morgan fingerprint density at radius 3 is 2.68 bits per heavy atom. The van der Waals surface area contributed by atoms with E-state index in [-0.39, 0.29) is 5.60 Å². The van der Waals surface area contributed by atoms with Crippen molar-refractivity contribution in [1.29, 1.82) is 0 Å². The summed E-state index contributed by atoms with van der Waals surface area (Å²) >= 11 is 0. The molecule has 2 aromatic carbocycles. The molecule has 1 heterocycles. The van der Waals surface area contributed by atoms with Crippen molar-refractivity contribution in [3.63, 3.8) is 0 Å². The molecular weight excluding hydrogens is 270 g/mol. The molecule has 2 aromatic rings. The highest BCUT2D eigenvalue weighted by molar-refractivity contribution is 5.39. The second-order valence-electron chi connectivity index (χ2n) is 6.82. The van der Waals surface area contributed by atoms with E-state index in [2.05, 4.69) is 74.6 Å². The maximum absolute atomic E-state index is 6.05. The van der Waals surface area contributed by atoms with E-state index >= 15 is 0 Å². The van der Waals surface area contributed by atoms with Crippen LogP contribution in [-0.4, -0.2) is 5.60 Å². The summed E-state index contributed by atoms with van der Waals surface area (Å²) in [4.78, 5) is 0. The van der Waals surface area contributed by atoms with Gasteiger partial charge in [0, 0.05) is 12.6 Å². The molecule has 0 saturated carbocycles. The third kappa shape index (κ3) is 3.50. The van der Waals surface area contributed by atoms with Crippen molar-refractivity contribution in [2.45, 2.75) is 51.8 Å². The van der Waals surface area contributed by atoms with E-state index in [0.29, 0.717) is 6.04 Å². The molecule has 22 heavy (non-hydrogen) atoms. The number of fused-ring (bicyclic) bond motifs is 1. The average molecular weight is 295 g/mol. The van der Waals surface area contributed by atoms with Crippen LogP contribution in [0.15, 0.2) is 48.5 Å². The lowest BCUT2D eigenvalue weighted by Gasteiger charge is -2.32. The van der Waals surface area contributed by atoms with Gasteiger partial charge in [-0.15, -0.1) is 0 Å². The van der Waals surface area contributed by atoms with Gasteiger partial charge in [-0.3, -0.25) is 0 Å². The SMILES string of the molecule is CC(NCc1ccc2c(c1)CCC(C)(C)O2)c1ccccc1. The maximum Gasteiger partial charge on any atom is 0.123 e. The number of ether oxygens (including phenoxy) is 1. The van der Waals surface area contributed by atoms with Gasteiger partial charge in [0.2, 0.25) is 0 Å². The second-order valence-corrected chi connectivity index (χ2v) is 6.82. The van der Waals surface area contributed by atoms with Crippen molar-refractivity contribution in [2.75, 3.05) is 0 Å². The van der Waals surface area contributed by atoms with Crippen molar-refractivity contribution < 1.29 is 4.74 Å². The first-order valence-electron chi connectivity index (χ1n) is 8.13. The zero-order valence-corrected chi connectivity index (χ0v) is 13.7. The molecule has 1 aliphatic heterocycles. The fourth-order valence-electron chi connectivity index (χ4n) is 2.95. The summed E-state index contributed by atoms with van der Waals surface area (Å²) in [5.74, 6) is 1.05. The monoisotopic (exact) mass is 295 g/mol. The van der Waals surface area contributed by atoms with Gasteiger partial charge in [-0.25, -0.2) is 0 Å². The lowest BCUT2D eigenvalue weighted by atomic mass is 9.93. The van der Waals surface area contributed by atoms with Crippen LogP contribution in [0.5, 0.6) is 5.75 Å². The fraction of sp³-hybridized carbons (Fsp3) is 0.400. The maximum atomic E-state index is 6.05. The summed E-state index contributed by atoms with van der Waals surface area (Å²) in [5, 5.41) is 3.60. The van der Waals surface area contributed by atoms with Crippen LogP contribution >= 0.6 is 0 Å². The second kappa shape index (κ2) is 6.13. The largest absolute Gasteiger partial charge is 0.488 e. The Hall–Kier alpha value is -1.80. The van der Waals surface area contributed by atoms with Crippen LogP contribution in [0.3, 0.4) is 0 Å². The minimum absolute atomic E-state index is 0.0331. The number of nitrogens with one attached hydrogen (secondary N) is 1. The van der Waals surface area contributed by atoms with E-state index in [9.17, 15) is 0 Å². The van der Waals surface area contributed by atoms with Crippen molar-refractivity contribution in [2.24, 2.45) is 0 Å². The highest BCUT2D eigenvalue weighted by atomic mass is 16.5. The molecule has 1 atom stereocenters. The normalized spacial score (nSPS) is 17.4. The zero-order valence-electron chi connectivity index (χ0n) is 13.7. The van der Waals surface area contributed by atoms with Crippen LogP contribution in [0, 0.1) is 0 Å². The highest BCUT2D eigenvalue weighted by Crippen LogP contribution is 2.33. The number of hydrogen-bond acceptors (Lipinski definition) is 2. The number of rotatable bonds is 4. The van der Waals surface area contributed by atoms with Gasteiger partial charge in [0.1, 0.15) is 11.4 Å². The summed E-state index contributed by atoms with van der Waals surface area (Å²) in [7, 11) is 0. The van der Waals surface area contributed by atoms with Crippen molar-refractivity contribution in [3.05, 3.63) is 65.2 Å². The first-order valence-corrected chi connectivity index (χ1v) is 8.13. The van der Waals surface area contributed by atoms with Crippen LogP contribution in [0.25, 0.3) is 0 Å². The molecule has 116 valence electrons. The summed E-state index contributed by atoms with van der Waals surface area (Å²) < 4.78 is 6.05. The predicted molar refractivity (Wildman–Crippen MR) is 91.2 cm³/mol. The van der Waals surface area contributed by atoms with E-state index in [1.807, 2.05) is 0 Å². The van der Waals surface area contributed by atoms with E-state index in [1.54, 1.807) is 0 Å². The average Bonchev–Trinajstić information content (AvgIpc) is 2.52. The topological polar surface area (TPSA) is 21.3 Å². The molecule has 0 radical (unpaired) electrons. The van der Waals surface area contributed by atoms with Gasteiger partial charge in [0.05, 0.1) is 0 Å². The number of benzene rings is 2. The van der Waals surface area contributed by atoms with Crippen LogP contribution in [0.4, 0.5) is 0 Å². The van der Waals surface area contributed by atoms with E-state index in [4.69, 9.17) is 4.74 Å². The Morgan fingerprint density at radius 1 is 1.14 bits per heavy atom. The molecule has 0 amide bonds. The first-order chi connectivity index (χ1) is 10.5. The predicted octanol–water partition coefficient (Wildman–Crippen LogP) is 4.64. The highest BCUT2D eigenvalue weighted by Gasteiger charge is 2.26. The van der Waals surface area contributed by atoms with Gasteiger partial charge in [-0.1, -0.05) is 42.5 Å². The minimum Gasteiger partial charge on any atom is -0.488 e. The number of aryl methyl sites for hydroxylation is 1. The first kappa shape index (κ1) is 15.1. The van der Waals surface area contributed by atoms with Gasteiger partial charge < -0.3 is 10.1 Å². The van der Waals surface area contributed by atoms with Gasteiger partial charge in [-0.2, -0.15) is 0 Å². The molecule has 1 unspecified atom stereocenters. The van der Waals surface area contributed by atoms with Crippen LogP contribution in [0.2, 0.25) is 0 Å². The van der Waals surface area contributed by atoms with Crippen LogP contribution < -0.4 is 10.1 Å². The van der Waals surface area contributed by atoms with Gasteiger partial charge in [0.25, 0.3) is 0 Å². The number of hydrogen-bond donors (Lipinski definition) is 1. The zero-order chi connectivity index (χ0) is 15.6. The van der Waals surface area contributed by atoms with E-state index in [1.165, 1.54) is 16.7 Å². The molecule has 0 spiro atoms. The van der Waals surface area contributed by atoms with Crippen LogP contribution in [0.1, 0.15) is 49.9 Å². The Morgan fingerprint density at radius 2 is 1.91 bits per heavy atom. The Labute approximate surface area is 133 Å². The molecule has 0 aromatic heterocycles. The Bertz CT molecular complexity index is 633. The summed E-state index contributed by atoms with van der Waals surface area (Å²) in [6.07, 6.45) is 2.18.